The van der Waals surface area contributed by atoms with E-state index in [1.165, 1.54) is 0 Å². The summed E-state index contributed by atoms with van der Waals surface area (Å²) in [4.78, 5) is 15.2. The minimum Gasteiger partial charge on any atom is -0.362 e. The maximum absolute atomic E-state index is 12.0. The Morgan fingerprint density at radius 1 is 1.33 bits per heavy atom. The van der Waals surface area contributed by atoms with Crippen LogP contribution < -0.4 is 5.32 Å². The highest BCUT2D eigenvalue weighted by atomic mass is 35.5. The van der Waals surface area contributed by atoms with E-state index in [1.807, 2.05) is 19.9 Å². The van der Waals surface area contributed by atoms with E-state index in [0.717, 1.165) is 17.0 Å². The zero-order valence-corrected chi connectivity index (χ0v) is 11.1. The largest absolute Gasteiger partial charge is 0.362 e. The quantitative estimate of drug-likeness (QED) is 0.877. The maximum atomic E-state index is 12.0. The summed E-state index contributed by atoms with van der Waals surface area (Å²) in [6.45, 7) is 4.48. The van der Waals surface area contributed by atoms with Crippen molar-refractivity contribution in [3.05, 3.63) is 57.9 Å². The van der Waals surface area contributed by atoms with Gasteiger partial charge >= 0.3 is 0 Å². The van der Waals surface area contributed by atoms with Crippen LogP contribution in [0.15, 0.2) is 30.3 Å². The molecule has 0 aliphatic carbocycles. The third kappa shape index (κ3) is 2.74. The lowest BCUT2D eigenvalue weighted by atomic mass is 10.2. The lowest BCUT2D eigenvalue weighted by Crippen LogP contribution is -2.23. The first-order valence-electron chi connectivity index (χ1n) is 5.75. The number of aryl methyl sites for hydroxylation is 2. The fourth-order valence-electron chi connectivity index (χ4n) is 1.88. The number of aromatic nitrogens is 1. The first-order valence-corrected chi connectivity index (χ1v) is 6.13. The van der Waals surface area contributed by atoms with Gasteiger partial charge in [-0.25, -0.2) is 0 Å². The molecule has 0 spiro atoms. The molecule has 0 saturated heterocycles. The minimum absolute atomic E-state index is 0.154. The van der Waals surface area contributed by atoms with Crippen molar-refractivity contribution >= 4 is 17.5 Å². The molecule has 4 heteroatoms. The second kappa shape index (κ2) is 5.27. The molecule has 3 nitrogen and oxygen atoms in total. The van der Waals surface area contributed by atoms with E-state index in [9.17, 15) is 4.79 Å². The summed E-state index contributed by atoms with van der Waals surface area (Å²) in [6.07, 6.45) is 0. The summed E-state index contributed by atoms with van der Waals surface area (Å²) >= 11 is 5.97. The van der Waals surface area contributed by atoms with Gasteiger partial charge in [0.05, 0.1) is 10.6 Å². The van der Waals surface area contributed by atoms with Crippen LogP contribution in [0.2, 0.25) is 5.02 Å². The van der Waals surface area contributed by atoms with E-state index in [1.54, 1.807) is 24.3 Å². The Morgan fingerprint density at radius 3 is 2.67 bits per heavy atom. The van der Waals surface area contributed by atoms with Crippen molar-refractivity contribution < 1.29 is 4.79 Å². The van der Waals surface area contributed by atoms with Crippen molar-refractivity contribution in [3.63, 3.8) is 0 Å². The van der Waals surface area contributed by atoms with Gasteiger partial charge in [0.25, 0.3) is 5.91 Å². The number of halogens is 1. The van der Waals surface area contributed by atoms with E-state index in [0.29, 0.717) is 17.1 Å². The van der Waals surface area contributed by atoms with Gasteiger partial charge in [-0.1, -0.05) is 23.7 Å². The molecule has 0 atom stereocenters. The Kier molecular flexibility index (Phi) is 3.72. The molecule has 0 unspecified atom stereocenters. The number of carbonyl (C=O) groups is 1. The van der Waals surface area contributed by atoms with Gasteiger partial charge in [-0.05, 0) is 37.6 Å². The number of amides is 1. The van der Waals surface area contributed by atoms with E-state index in [4.69, 9.17) is 11.6 Å². The van der Waals surface area contributed by atoms with Crippen LogP contribution in [0.1, 0.15) is 27.3 Å². The second-order valence-electron chi connectivity index (χ2n) is 4.27. The summed E-state index contributed by atoms with van der Waals surface area (Å²) in [6, 6.07) is 9.06. The molecule has 0 aliphatic heterocycles. The van der Waals surface area contributed by atoms with Crippen LogP contribution in [0.25, 0.3) is 0 Å². The molecule has 0 aliphatic rings. The first kappa shape index (κ1) is 12.7. The summed E-state index contributed by atoms with van der Waals surface area (Å²) in [7, 11) is 0. The van der Waals surface area contributed by atoms with Crippen molar-refractivity contribution in [2.75, 3.05) is 0 Å². The van der Waals surface area contributed by atoms with E-state index in [-0.39, 0.29) is 5.91 Å². The van der Waals surface area contributed by atoms with E-state index in [2.05, 4.69) is 10.3 Å². The molecule has 1 heterocycles. The molecule has 0 bridgehead atoms. The highest BCUT2D eigenvalue weighted by Crippen LogP contribution is 2.15. The van der Waals surface area contributed by atoms with Gasteiger partial charge in [0.15, 0.2) is 0 Å². The van der Waals surface area contributed by atoms with Crippen LogP contribution in [0, 0.1) is 13.8 Å². The SMILES string of the molecule is Cc1cc(CNC(=O)c2ccccc2Cl)c(C)[nH]1. The van der Waals surface area contributed by atoms with Gasteiger partial charge in [0, 0.05) is 17.9 Å². The zero-order chi connectivity index (χ0) is 13.1. The van der Waals surface area contributed by atoms with Gasteiger partial charge in [0.2, 0.25) is 0 Å². The molecule has 0 fully saturated rings. The van der Waals surface area contributed by atoms with Crippen LogP contribution in [-0.4, -0.2) is 10.9 Å². The fourth-order valence-corrected chi connectivity index (χ4v) is 2.10. The molecule has 0 saturated carbocycles. The summed E-state index contributed by atoms with van der Waals surface area (Å²) in [5, 5.41) is 3.34. The third-order valence-corrected chi connectivity index (χ3v) is 3.14. The molecular weight excluding hydrogens is 248 g/mol. The standard InChI is InChI=1S/C14H15ClN2O/c1-9-7-11(10(2)17-9)8-16-14(18)12-5-3-4-6-13(12)15/h3-7,17H,8H2,1-2H3,(H,16,18). The van der Waals surface area contributed by atoms with Crippen LogP contribution in [0.3, 0.4) is 0 Å². The number of hydrogen-bond acceptors (Lipinski definition) is 1. The normalized spacial score (nSPS) is 10.4. The third-order valence-electron chi connectivity index (χ3n) is 2.81. The van der Waals surface area contributed by atoms with Crippen molar-refractivity contribution in [1.82, 2.24) is 10.3 Å². The van der Waals surface area contributed by atoms with Gasteiger partial charge in [-0.15, -0.1) is 0 Å². The van der Waals surface area contributed by atoms with Gasteiger partial charge in [-0.2, -0.15) is 0 Å². The van der Waals surface area contributed by atoms with Crippen LogP contribution in [-0.2, 0) is 6.54 Å². The Balaban J connectivity index is 2.05. The van der Waals surface area contributed by atoms with Crippen LogP contribution in [0.5, 0.6) is 0 Å². The van der Waals surface area contributed by atoms with Gasteiger partial charge in [-0.3, -0.25) is 4.79 Å². The lowest BCUT2D eigenvalue weighted by molar-refractivity contribution is 0.0951. The molecule has 2 rings (SSSR count). The number of rotatable bonds is 3. The van der Waals surface area contributed by atoms with Gasteiger partial charge < -0.3 is 10.3 Å². The van der Waals surface area contributed by atoms with E-state index >= 15 is 0 Å². The number of benzene rings is 1. The molecular formula is C14H15ClN2O. The van der Waals surface area contributed by atoms with Crippen LogP contribution in [0.4, 0.5) is 0 Å². The molecule has 18 heavy (non-hydrogen) atoms. The minimum atomic E-state index is -0.154. The average molecular weight is 263 g/mol. The summed E-state index contributed by atoms with van der Waals surface area (Å²) in [5.41, 5.74) is 3.76. The Labute approximate surface area is 111 Å². The molecule has 2 N–H and O–H groups in total. The number of aromatic amines is 1. The Bertz CT molecular complexity index is 575. The molecule has 1 amide bonds. The Morgan fingerprint density at radius 2 is 2.06 bits per heavy atom. The second-order valence-corrected chi connectivity index (χ2v) is 4.67. The average Bonchev–Trinajstić information content (AvgIpc) is 2.65. The molecule has 94 valence electrons. The van der Waals surface area contributed by atoms with Crippen molar-refractivity contribution in [2.45, 2.75) is 20.4 Å². The van der Waals surface area contributed by atoms with Gasteiger partial charge in [0.1, 0.15) is 0 Å². The predicted molar refractivity (Wildman–Crippen MR) is 72.9 cm³/mol. The lowest BCUT2D eigenvalue weighted by Gasteiger charge is -2.06. The molecule has 1 aromatic heterocycles. The van der Waals surface area contributed by atoms with Crippen LogP contribution >= 0.6 is 11.6 Å². The van der Waals surface area contributed by atoms with E-state index < -0.39 is 0 Å². The molecule has 0 radical (unpaired) electrons. The zero-order valence-electron chi connectivity index (χ0n) is 10.4. The van der Waals surface area contributed by atoms with Crippen molar-refractivity contribution in [1.29, 1.82) is 0 Å². The monoisotopic (exact) mass is 262 g/mol. The predicted octanol–water partition coefficient (Wildman–Crippen LogP) is 3.21. The van der Waals surface area contributed by atoms with Crippen molar-refractivity contribution in [3.8, 4) is 0 Å². The topological polar surface area (TPSA) is 44.9 Å². The summed E-state index contributed by atoms with van der Waals surface area (Å²) in [5.74, 6) is -0.154. The molecule has 2 aromatic rings. The van der Waals surface area contributed by atoms with Crippen molar-refractivity contribution in [2.24, 2.45) is 0 Å². The number of hydrogen-bond donors (Lipinski definition) is 2. The fraction of sp³-hybridized carbons (Fsp3) is 0.214. The number of carbonyl (C=O) groups excluding carboxylic acids is 1. The summed E-state index contributed by atoms with van der Waals surface area (Å²) < 4.78 is 0. The maximum Gasteiger partial charge on any atom is 0.253 e. The number of H-pyrrole nitrogens is 1. The highest BCUT2D eigenvalue weighted by molar-refractivity contribution is 6.33. The molecule has 1 aromatic carbocycles. The Hall–Kier alpha value is -1.74. The highest BCUT2D eigenvalue weighted by Gasteiger charge is 2.10. The smallest absolute Gasteiger partial charge is 0.253 e. The first-order chi connectivity index (χ1) is 8.58. The number of nitrogens with one attached hydrogen (secondary N) is 2.